The molecule has 4 rings (SSSR count). The Hall–Kier alpha value is -2.42. The second-order valence-electron chi connectivity index (χ2n) is 5.65. The van der Waals surface area contributed by atoms with E-state index in [0.717, 1.165) is 39.9 Å². The summed E-state index contributed by atoms with van der Waals surface area (Å²) in [7, 11) is 0. The quantitative estimate of drug-likeness (QED) is 0.665. The van der Waals surface area contributed by atoms with Crippen LogP contribution in [0, 0.1) is 12.8 Å². The number of aromatic nitrogens is 1. The molecule has 3 heteroatoms. The van der Waals surface area contributed by atoms with Crippen molar-refractivity contribution in [1.29, 1.82) is 0 Å². The third-order valence-electron chi connectivity index (χ3n) is 3.91. The third kappa shape index (κ3) is 1.97. The number of hydrogen-bond donors (Lipinski definition) is 0. The number of fused-ring (bicyclic) bond motifs is 3. The van der Waals surface area contributed by atoms with Gasteiger partial charge >= 0.3 is 0 Å². The van der Waals surface area contributed by atoms with Crippen molar-refractivity contribution in [3.8, 4) is 0 Å². The maximum absolute atomic E-state index is 6.02. The molecule has 21 heavy (non-hydrogen) atoms. The lowest BCUT2D eigenvalue weighted by molar-refractivity contribution is 0.651. The van der Waals surface area contributed by atoms with Gasteiger partial charge in [0.2, 0.25) is 5.71 Å². The van der Waals surface area contributed by atoms with E-state index in [2.05, 4.69) is 53.3 Å². The number of hydrogen-bond acceptors (Lipinski definition) is 3. The average molecular weight is 276 g/mol. The van der Waals surface area contributed by atoms with Gasteiger partial charge in [-0.25, -0.2) is 4.98 Å². The van der Waals surface area contributed by atoms with Crippen molar-refractivity contribution in [2.45, 2.75) is 13.8 Å². The van der Waals surface area contributed by atoms with Gasteiger partial charge in [-0.3, -0.25) is 4.99 Å². The largest absolute Gasteiger partial charge is 0.437 e. The summed E-state index contributed by atoms with van der Waals surface area (Å²) in [5, 5.41) is 2.16. The maximum atomic E-state index is 6.02. The van der Waals surface area contributed by atoms with Gasteiger partial charge in [-0.05, 0) is 37.1 Å². The summed E-state index contributed by atoms with van der Waals surface area (Å²) < 4.78 is 6.02. The minimum atomic E-state index is 0.507. The number of furan rings is 1. The molecule has 3 aromatic rings. The molecule has 0 N–H and O–H groups in total. The Labute approximate surface area is 123 Å². The number of rotatable bonds is 1. The topological polar surface area (TPSA) is 38.4 Å². The first-order valence-electron chi connectivity index (χ1n) is 7.24. The first-order chi connectivity index (χ1) is 10.2. The molecule has 0 amide bonds. The molecule has 0 bridgehead atoms. The number of allylic oxidation sites excluding steroid dienone is 1. The minimum Gasteiger partial charge on any atom is -0.437 e. The predicted molar refractivity (Wildman–Crippen MR) is 86.0 cm³/mol. The van der Waals surface area contributed by atoms with Gasteiger partial charge in [0, 0.05) is 28.6 Å². The fourth-order valence-corrected chi connectivity index (χ4v) is 2.76. The minimum absolute atomic E-state index is 0.507. The van der Waals surface area contributed by atoms with Gasteiger partial charge in [-0.1, -0.05) is 25.1 Å². The summed E-state index contributed by atoms with van der Waals surface area (Å²) in [5.74, 6) is 0.507. The molecule has 1 atom stereocenters. The number of para-hydroxylation sites is 1. The Balaban J connectivity index is 1.98. The fraction of sp³-hybridized carbons (Fsp3) is 0.222. The Bertz CT molecular complexity index is 902. The maximum Gasteiger partial charge on any atom is 0.227 e. The monoisotopic (exact) mass is 276 g/mol. The Morgan fingerprint density at radius 1 is 1.14 bits per heavy atom. The summed E-state index contributed by atoms with van der Waals surface area (Å²) in [6.07, 6.45) is 4.29. The molecule has 1 aliphatic rings. The van der Waals surface area contributed by atoms with Gasteiger partial charge in [-0.2, -0.15) is 0 Å². The van der Waals surface area contributed by atoms with E-state index < -0.39 is 0 Å². The molecule has 0 fully saturated rings. The van der Waals surface area contributed by atoms with Crippen molar-refractivity contribution in [3.63, 3.8) is 0 Å². The molecule has 104 valence electrons. The van der Waals surface area contributed by atoms with E-state index in [9.17, 15) is 0 Å². The fourth-order valence-electron chi connectivity index (χ4n) is 2.76. The number of aryl methyl sites for hydroxylation is 1. The van der Waals surface area contributed by atoms with Gasteiger partial charge in [-0.15, -0.1) is 0 Å². The van der Waals surface area contributed by atoms with Crippen LogP contribution in [0.3, 0.4) is 0 Å². The Morgan fingerprint density at radius 2 is 2.05 bits per heavy atom. The zero-order chi connectivity index (χ0) is 14.4. The second kappa shape index (κ2) is 4.55. The zero-order valence-electron chi connectivity index (χ0n) is 12.1. The molecule has 0 aliphatic carbocycles. The summed E-state index contributed by atoms with van der Waals surface area (Å²) >= 11 is 0. The van der Waals surface area contributed by atoms with E-state index in [1.165, 1.54) is 0 Å². The molecule has 1 aliphatic heterocycles. The lowest BCUT2D eigenvalue weighted by atomic mass is 10.0. The van der Waals surface area contributed by atoms with Crippen LogP contribution in [0.2, 0.25) is 0 Å². The van der Waals surface area contributed by atoms with Crippen LogP contribution in [0.5, 0.6) is 0 Å². The first kappa shape index (κ1) is 12.3. The normalized spacial score (nSPS) is 18.4. The highest BCUT2D eigenvalue weighted by atomic mass is 16.3. The number of dihydropyridines is 1. The van der Waals surface area contributed by atoms with Crippen LogP contribution in [0.25, 0.3) is 22.1 Å². The first-order valence-corrected chi connectivity index (χ1v) is 7.24. The lowest BCUT2D eigenvalue weighted by Gasteiger charge is -2.11. The van der Waals surface area contributed by atoms with Crippen LogP contribution in [0.1, 0.15) is 18.2 Å². The van der Waals surface area contributed by atoms with E-state index in [1.54, 1.807) is 0 Å². The Kier molecular flexibility index (Phi) is 2.67. The second-order valence-corrected chi connectivity index (χ2v) is 5.65. The van der Waals surface area contributed by atoms with Gasteiger partial charge < -0.3 is 4.42 Å². The molecule has 2 aromatic heterocycles. The van der Waals surface area contributed by atoms with E-state index in [1.807, 2.05) is 13.0 Å². The van der Waals surface area contributed by atoms with Crippen molar-refractivity contribution in [2.75, 3.05) is 6.54 Å². The SMILES string of the molecule is Cc1ccc2c(n1)oc1c(C3=NCC(C)C=C3)cccc12. The van der Waals surface area contributed by atoms with Crippen molar-refractivity contribution in [3.05, 3.63) is 53.7 Å². The molecule has 3 heterocycles. The summed E-state index contributed by atoms with van der Waals surface area (Å²) in [6, 6.07) is 10.3. The molecular weight excluding hydrogens is 260 g/mol. The zero-order valence-corrected chi connectivity index (χ0v) is 12.1. The summed E-state index contributed by atoms with van der Waals surface area (Å²) in [4.78, 5) is 9.15. The van der Waals surface area contributed by atoms with Gasteiger partial charge in [0.15, 0.2) is 0 Å². The highest BCUT2D eigenvalue weighted by Gasteiger charge is 2.15. The molecule has 0 saturated heterocycles. The van der Waals surface area contributed by atoms with Crippen molar-refractivity contribution in [2.24, 2.45) is 10.9 Å². The average Bonchev–Trinajstić information content (AvgIpc) is 2.85. The van der Waals surface area contributed by atoms with E-state index in [-0.39, 0.29) is 0 Å². The number of benzene rings is 1. The molecule has 0 saturated carbocycles. The molecule has 0 radical (unpaired) electrons. The van der Waals surface area contributed by atoms with E-state index in [0.29, 0.717) is 11.6 Å². The predicted octanol–water partition coefficient (Wildman–Crippen LogP) is 4.28. The van der Waals surface area contributed by atoms with Crippen LogP contribution in [-0.2, 0) is 0 Å². The number of nitrogens with zero attached hydrogens (tertiary/aromatic N) is 2. The summed E-state index contributed by atoms with van der Waals surface area (Å²) in [5.41, 5.74) is 4.59. The van der Waals surface area contributed by atoms with Crippen molar-refractivity contribution < 1.29 is 4.42 Å². The van der Waals surface area contributed by atoms with Crippen LogP contribution in [0.15, 0.2) is 51.9 Å². The van der Waals surface area contributed by atoms with E-state index in [4.69, 9.17) is 4.42 Å². The smallest absolute Gasteiger partial charge is 0.227 e. The van der Waals surface area contributed by atoms with E-state index >= 15 is 0 Å². The highest BCUT2D eigenvalue weighted by Crippen LogP contribution is 2.31. The molecular formula is C18H16N2O. The highest BCUT2D eigenvalue weighted by molar-refractivity contribution is 6.18. The van der Waals surface area contributed by atoms with Gasteiger partial charge in [0.05, 0.1) is 5.71 Å². The standard InChI is InChI=1S/C18H16N2O/c1-11-6-9-16(19-10-11)15-5-3-4-13-14-8-7-12(2)20-18(14)21-17(13)15/h3-9,11H,10H2,1-2H3. The number of aliphatic imine (C=N–C) groups is 1. The molecule has 0 spiro atoms. The van der Waals surface area contributed by atoms with Crippen molar-refractivity contribution >= 4 is 27.8 Å². The van der Waals surface area contributed by atoms with Crippen LogP contribution < -0.4 is 0 Å². The third-order valence-corrected chi connectivity index (χ3v) is 3.91. The molecule has 1 unspecified atom stereocenters. The van der Waals surface area contributed by atoms with Gasteiger partial charge in [0.1, 0.15) is 5.58 Å². The Morgan fingerprint density at radius 3 is 2.86 bits per heavy atom. The lowest BCUT2D eigenvalue weighted by Crippen LogP contribution is -2.08. The van der Waals surface area contributed by atoms with Crippen LogP contribution >= 0.6 is 0 Å². The van der Waals surface area contributed by atoms with Crippen LogP contribution in [0.4, 0.5) is 0 Å². The number of pyridine rings is 1. The summed E-state index contributed by atoms with van der Waals surface area (Å²) in [6.45, 7) is 4.98. The van der Waals surface area contributed by atoms with Crippen molar-refractivity contribution in [1.82, 2.24) is 4.98 Å². The van der Waals surface area contributed by atoms with Crippen LogP contribution in [-0.4, -0.2) is 17.2 Å². The molecule has 1 aromatic carbocycles. The van der Waals surface area contributed by atoms with Gasteiger partial charge in [0.25, 0.3) is 0 Å². The molecule has 3 nitrogen and oxygen atoms in total.